The third-order valence-corrected chi connectivity index (χ3v) is 2.76. The van der Waals surface area contributed by atoms with Crippen LogP contribution >= 0.6 is 0 Å². The van der Waals surface area contributed by atoms with Crippen LogP contribution in [0.5, 0.6) is 0 Å². The quantitative estimate of drug-likeness (QED) is 0.502. The zero-order valence-electron chi connectivity index (χ0n) is 10.3. The number of nitro benzene ring substituents is 1. The Bertz CT molecular complexity index is 502. The van der Waals surface area contributed by atoms with Crippen molar-refractivity contribution in [3.63, 3.8) is 0 Å². The highest BCUT2D eigenvalue weighted by Gasteiger charge is 2.22. The number of hydrogen-bond donors (Lipinski definition) is 1. The molecule has 0 radical (unpaired) electrons. The maximum atomic E-state index is 11.9. The Labute approximate surface area is 105 Å². The number of carbonyl (C=O) groups excluding carboxylic acids is 1. The number of terminal acetylenes is 1. The van der Waals surface area contributed by atoms with Gasteiger partial charge in [0, 0.05) is 17.7 Å². The summed E-state index contributed by atoms with van der Waals surface area (Å²) in [6.07, 6.45) is 5.95. The molecular weight excluding hydrogens is 232 g/mol. The number of rotatable bonds is 4. The Balaban J connectivity index is 2.86. The maximum Gasteiger partial charge on any atom is 0.269 e. The van der Waals surface area contributed by atoms with Gasteiger partial charge in [-0.25, -0.2) is 0 Å². The van der Waals surface area contributed by atoms with Crippen LogP contribution in [0.4, 0.5) is 5.69 Å². The van der Waals surface area contributed by atoms with Gasteiger partial charge in [0.25, 0.3) is 11.6 Å². The minimum Gasteiger partial charge on any atom is -0.336 e. The molecule has 0 bridgehead atoms. The highest BCUT2D eigenvalue weighted by Crippen LogP contribution is 2.13. The second kappa shape index (κ2) is 5.32. The molecule has 0 aliphatic rings. The molecule has 1 rings (SSSR count). The van der Waals surface area contributed by atoms with Crippen LogP contribution in [0.3, 0.4) is 0 Å². The Morgan fingerprint density at radius 3 is 2.44 bits per heavy atom. The van der Waals surface area contributed by atoms with E-state index in [4.69, 9.17) is 6.42 Å². The number of amides is 1. The van der Waals surface area contributed by atoms with Crippen molar-refractivity contribution in [3.8, 4) is 12.3 Å². The van der Waals surface area contributed by atoms with Crippen molar-refractivity contribution in [3.05, 3.63) is 39.9 Å². The van der Waals surface area contributed by atoms with Gasteiger partial charge in [-0.15, -0.1) is 6.42 Å². The summed E-state index contributed by atoms with van der Waals surface area (Å²) in [7, 11) is 0. The van der Waals surface area contributed by atoms with E-state index >= 15 is 0 Å². The van der Waals surface area contributed by atoms with Gasteiger partial charge in [-0.1, -0.05) is 12.8 Å². The smallest absolute Gasteiger partial charge is 0.269 e. The average molecular weight is 246 g/mol. The summed E-state index contributed by atoms with van der Waals surface area (Å²) in [6, 6.07) is 5.38. The Hall–Kier alpha value is -2.35. The lowest BCUT2D eigenvalue weighted by Gasteiger charge is -2.23. The summed E-state index contributed by atoms with van der Waals surface area (Å²) in [5, 5.41) is 13.2. The summed E-state index contributed by atoms with van der Waals surface area (Å²) in [5.74, 6) is 2.18. The number of nitrogens with one attached hydrogen (secondary N) is 1. The predicted octanol–water partition coefficient (Wildman–Crippen LogP) is 2.13. The van der Waals surface area contributed by atoms with Crippen molar-refractivity contribution in [2.45, 2.75) is 25.8 Å². The zero-order valence-corrected chi connectivity index (χ0v) is 10.3. The third-order valence-electron chi connectivity index (χ3n) is 2.76. The van der Waals surface area contributed by atoms with Gasteiger partial charge in [0.15, 0.2) is 0 Å². The highest BCUT2D eigenvalue weighted by molar-refractivity contribution is 5.95. The van der Waals surface area contributed by atoms with E-state index < -0.39 is 10.5 Å². The molecule has 1 N–H and O–H groups in total. The van der Waals surface area contributed by atoms with Crippen molar-refractivity contribution >= 4 is 11.6 Å². The first kappa shape index (κ1) is 13.7. The van der Waals surface area contributed by atoms with Crippen molar-refractivity contribution in [1.29, 1.82) is 0 Å². The molecule has 0 saturated heterocycles. The molecule has 1 atom stereocenters. The van der Waals surface area contributed by atoms with E-state index in [9.17, 15) is 14.9 Å². The Morgan fingerprint density at radius 2 is 2.06 bits per heavy atom. The number of nitro groups is 1. The van der Waals surface area contributed by atoms with E-state index in [1.807, 2.05) is 6.92 Å². The molecule has 18 heavy (non-hydrogen) atoms. The molecule has 0 aliphatic heterocycles. The monoisotopic (exact) mass is 246 g/mol. The number of nitrogens with zero attached hydrogens (tertiary/aromatic N) is 1. The number of hydrogen-bond acceptors (Lipinski definition) is 3. The molecule has 0 saturated carbocycles. The summed E-state index contributed by atoms with van der Waals surface area (Å²) >= 11 is 0. The second-order valence-corrected chi connectivity index (χ2v) is 4.09. The Kier molecular flexibility index (Phi) is 4.05. The van der Waals surface area contributed by atoms with Gasteiger partial charge in [-0.2, -0.15) is 0 Å². The highest BCUT2D eigenvalue weighted by atomic mass is 16.6. The molecule has 0 heterocycles. The first-order valence-electron chi connectivity index (χ1n) is 5.46. The second-order valence-electron chi connectivity index (χ2n) is 4.09. The van der Waals surface area contributed by atoms with Crippen LogP contribution in [0.25, 0.3) is 0 Å². The molecule has 1 unspecified atom stereocenters. The molecule has 5 heteroatoms. The van der Waals surface area contributed by atoms with Crippen LogP contribution in [0.1, 0.15) is 30.6 Å². The largest absolute Gasteiger partial charge is 0.336 e. The summed E-state index contributed by atoms with van der Waals surface area (Å²) in [4.78, 5) is 21.9. The van der Waals surface area contributed by atoms with E-state index in [1.54, 1.807) is 6.92 Å². The van der Waals surface area contributed by atoms with Gasteiger partial charge < -0.3 is 5.32 Å². The molecule has 0 aliphatic carbocycles. The van der Waals surface area contributed by atoms with Crippen molar-refractivity contribution in [1.82, 2.24) is 5.32 Å². The van der Waals surface area contributed by atoms with Gasteiger partial charge >= 0.3 is 0 Å². The minimum atomic E-state index is -0.709. The number of carbonyl (C=O) groups is 1. The molecule has 1 amide bonds. The van der Waals surface area contributed by atoms with Crippen LogP contribution < -0.4 is 5.32 Å². The standard InChI is InChI=1S/C13H14N2O3/c1-4-13(3,5-2)14-12(16)10-6-8-11(9-7-10)15(17)18/h1,6-9H,5H2,2-3H3,(H,14,16). The summed E-state index contributed by atoms with van der Waals surface area (Å²) in [6.45, 7) is 3.62. The van der Waals surface area contributed by atoms with Gasteiger partial charge in [-0.3, -0.25) is 14.9 Å². The Morgan fingerprint density at radius 1 is 1.50 bits per heavy atom. The fraction of sp³-hybridized carbons (Fsp3) is 0.308. The van der Waals surface area contributed by atoms with E-state index in [1.165, 1.54) is 24.3 Å². The van der Waals surface area contributed by atoms with Crippen LogP contribution in [0.2, 0.25) is 0 Å². The van der Waals surface area contributed by atoms with Crippen LogP contribution in [-0.2, 0) is 0 Å². The summed E-state index contributed by atoms with van der Waals surface area (Å²) < 4.78 is 0. The minimum absolute atomic E-state index is 0.0539. The van der Waals surface area contributed by atoms with E-state index in [0.29, 0.717) is 12.0 Å². The molecule has 5 nitrogen and oxygen atoms in total. The van der Waals surface area contributed by atoms with Crippen molar-refractivity contribution in [2.24, 2.45) is 0 Å². The van der Waals surface area contributed by atoms with Gasteiger partial charge in [0.1, 0.15) is 0 Å². The molecule has 1 aromatic rings. The lowest BCUT2D eigenvalue weighted by molar-refractivity contribution is -0.384. The zero-order chi connectivity index (χ0) is 13.8. The molecule has 0 aromatic heterocycles. The normalized spacial score (nSPS) is 13.2. The van der Waals surface area contributed by atoms with Gasteiger partial charge in [0.2, 0.25) is 0 Å². The van der Waals surface area contributed by atoms with Crippen molar-refractivity contribution < 1.29 is 9.72 Å². The first-order chi connectivity index (χ1) is 8.41. The maximum absolute atomic E-state index is 11.9. The fourth-order valence-corrected chi connectivity index (χ4v) is 1.28. The number of benzene rings is 1. The SMILES string of the molecule is C#CC(C)(CC)NC(=O)c1ccc([N+](=O)[O-])cc1. The van der Waals surface area contributed by atoms with Crippen LogP contribution in [0, 0.1) is 22.5 Å². The fourth-order valence-electron chi connectivity index (χ4n) is 1.28. The molecule has 94 valence electrons. The molecular formula is C13H14N2O3. The lowest BCUT2D eigenvalue weighted by atomic mass is 9.99. The van der Waals surface area contributed by atoms with Crippen LogP contribution in [0.15, 0.2) is 24.3 Å². The summed E-state index contributed by atoms with van der Waals surface area (Å²) in [5.41, 5.74) is -0.420. The van der Waals surface area contributed by atoms with E-state index in [0.717, 1.165) is 0 Å². The van der Waals surface area contributed by atoms with Crippen LogP contribution in [-0.4, -0.2) is 16.4 Å². The molecule has 1 aromatic carbocycles. The van der Waals surface area contributed by atoms with Gasteiger partial charge in [0.05, 0.1) is 10.5 Å². The van der Waals surface area contributed by atoms with E-state index in [2.05, 4.69) is 11.2 Å². The molecule has 0 spiro atoms. The number of non-ortho nitro benzene ring substituents is 1. The third kappa shape index (κ3) is 3.08. The topological polar surface area (TPSA) is 72.2 Å². The average Bonchev–Trinajstić information content (AvgIpc) is 2.38. The first-order valence-corrected chi connectivity index (χ1v) is 5.46. The molecule has 0 fully saturated rings. The lowest BCUT2D eigenvalue weighted by Crippen LogP contribution is -2.44. The van der Waals surface area contributed by atoms with Crippen molar-refractivity contribution in [2.75, 3.05) is 0 Å². The van der Waals surface area contributed by atoms with Gasteiger partial charge in [-0.05, 0) is 25.5 Å². The van der Waals surface area contributed by atoms with E-state index in [-0.39, 0.29) is 11.6 Å². The predicted molar refractivity (Wildman–Crippen MR) is 68.1 cm³/mol.